The number of carbonyl (C=O) groups excluding carboxylic acids is 2. The van der Waals surface area contributed by atoms with Crippen molar-refractivity contribution in [2.24, 2.45) is 0 Å². The average molecular weight is 624 g/mol. The second-order valence-electron chi connectivity index (χ2n) is 10.7. The number of hydrogen-bond acceptors (Lipinski definition) is 6. The molecule has 0 spiro atoms. The highest BCUT2D eigenvalue weighted by molar-refractivity contribution is 7.98. The first-order valence-electron chi connectivity index (χ1n) is 14.7. The fourth-order valence-electron chi connectivity index (χ4n) is 5.27. The minimum absolute atomic E-state index is 0.0573. The van der Waals surface area contributed by atoms with Gasteiger partial charge in [0.25, 0.3) is 10.0 Å². The van der Waals surface area contributed by atoms with Gasteiger partial charge < -0.3 is 15.0 Å². The van der Waals surface area contributed by atoms with Crippen LogP contribution in [0.25, 0.3) is 0 Å². The summed E-state index contributed by atoms with van der Waals surface area (Å²) in [5.74, 6) is -0.391. The van der Waals surface area contributed by atoms with E-state index in [1.54, 1.807) is 55.5 Å². The van der Waals surface area contributed by atoms with Gasteiger partial charge in [0.05, 0.1) is 17.2 Å². The van der Waals surface area contributed by atoms with E-state index in [9.17, 15) is 18.0 Å². The molecule has 1 saturated carbocycles. The summed E-state index contributed by atoms with van der Waals surface area (Å²) in [6.07, 6.45) is 5.88. The van der Waals surface area contributed by atoms with E-state index >= 15 is 0 Å². The van der Waals surface area contributed by atoms with Gasteiger partial charge in [-0.1, -0.05) is 49.2 Å². The Morgan fingerprint density at radius 2 is 1.65 bits per heavy atom. The van der Waals surface area contributed by atoms with Gasteiger partial charge in [0.15, 0.2) is 0 Å². The molecule has 3 aromatic carbocycles. The maximum Gasteiger partial charge on any atom is 0.264 e. The van der Waals surface area contributed by atoms with Crippen molar-refractivity contribution in [1.29, 1.82) is 0 Å². The first kappa shape index (κ1) is 32.4. The van der Waals surface area contributed by atoms with Crippen molar-refractivity contribution in [2.45, 2.75) is 74.9 Å². The molecule has 1 fully saturated rings. The van der Waals surface area contributed by atoms with Crippen molar-refractivity contribution >= 4 is 39.3 Å². The molecule has 0 aliphatic heterocycles. The summed E-state index contributed by atoms with van der Waals surface area (Å²) in [4.78, 5) is 30.2. The number of carbonyl (C=O) groups is 2. The maximum atomic E-state index is 14.3. The molecule has 1 aliphatic carbocycles. The zero-order chi connectivity index (χ0) is 31.0. The highest BCUT2D eigenvalue weighted by Gasteiger charge is 2.34. The van der Waals surface area contributed by atoms with Crippen LogP contribution in [0.5, 0.6) is 5.75 Å². The summed E-state index contributed by atoms with van der Waals surface area (Å²) in [5.41, 5.74) is 2.11. The van der Waals surface area contributed by atoms with Gasteiger partial charge in [-0.3, -0.25) is 13.9 Å². The predicted octanol–water partition coefficient (Wildman–Crippen LogP) is 5.79. The molecule has 2 amide bonds. The van der Waals surface area contributed by atoms with Crippen LogP contribution in [-0.4, -0.2) is 56.6 Å². The minimum atomic E-state index is -4.20. The van der Waals surface area contributed by atoms with Gasteiger partial charge in [0.1, 0.15) is 18.3 Å². The quantitative estimate of drug-likeness (QED) is 0.242. The molecule has 0 saturated heterocycles. The molecule has 1 aliphatic rings. The third-order valence-corrected chi connectivity index (χ3v) is 10.3. The molecule has 1 atom stereocenters. The van der Waals surface area contributed by atoms with Gasteiger partial charge in [-0.15, -0.1) is 11.8 Å². The van der Waals surface area contributed by atoms with Crippen LogP contribution < -0.4 is 14.4 Å². The molecule has 0 radical (unpaired) electrons. The van der Waals surface area contributed by atoms with E-state index < -0.39 is 28.5 Å². The number of hydrogen-bond donors (Lipinski definition) is 1. The Morgan fingerprint density at radius 1 is 1.00 bits per heavy atom. The van der Waals surface area contributed by atoms with Crippen molar-refractivity contribution in [2.75, 3.05) is 23.7 Å². The Hall–Kier alpha value is -3.50. The topological polar surface area (TPSA) is 96.0 Å². The molecule has 4 rings (SSSR count). The standard InChI is InChI=1S/C33H41N3O5S2/c1-5-41-31-17-11-10-16-30(31)36(43(39,40)29-20-18-28(42-4)19-21-29)23-32(37)35(22-26-13-7-6-12-24(26)2)25(3)33(38)34-27-14-8-9-15-27/h6-7,10-13,16-21,25,27H,5,8-9,14-15,22-23H2,1-4H3,(H,34,38)/t25-/m0/s1. The number of ether oxygens (including phenoxy) is 1. The normalized spacial score (nSPS) is 14.2. The van der Waals surface area contributed by atoms with Gasteiger partial charge >= 0.3 is 0 Å². The summed E-state index contributed by atoms with van der Waals surface area (Å²) in [6, 6.07) is 20.3. The van der Waals surface area contributed by atoms with Crippen LogP contribution >= 0.6 is 11.8 Å². The van der Waals surface area contributed by atoms with Crippen LogP contribution in [-0.2, 0) is 26.2 Å². The summed E-state index contributed by atoms with van der Waals surface area (Å²) in [5, 5.41) is 3.11. The van der Waals surface area contributed by atoms with Crippen LogP contribution in [0.1, 0.15) is 50.7 Å². The minimum Gasteiger partial charge on any atom is -0.492 e. The molecule has 10 heteroatoms. The van der Waals surface area contributed by atoms with Crippen LogP contribution in [0.2, 0.25) is 0 Å². The Morgan fingerprint density at radius 3 is 2.30 bits per heavy atom. The number of nitrogens with zero attached hydrogens (tertiary/aromatic N) is 2. The fraction of sp³-hybridized carbons (Fsp3) is 0.394. The van der Waals surface area contributed by atoms with Crippen molar-refractivity contribution < 1.29 is 22.7 Å². The van der Waals surface area contributed by atoms with Gasteiger partial charge in [-0.05, 0) is 87.4 Å². The van der Waals surface area contributed by atoms with Crippen LogP contribution in [0.15, 0.2) is 82.6 Å². The Balaban J connectivity index is 1.73. The van der Waals surface area contributed by atoms with Crippen molar-refractivity contribution in [3.8, 4) is 5.75 Å². The molecule has 1 N–H and O–H groups in total. The number of aryl methyl sites for hydroxylation is 1. The number of rotatable bonds is 13. The molecule has 230 valence electrons. The summed E-state index contributed by atoms with van der Waals surface area (Å²) < 4.78 is 35.3. The molecule has 0 heterocycles. The van der Waals surface area contributed by atoms with E-state index in [1.165, 1.54) is 16.7 Å². The van der Waals surface area contributed by atoms with E-state index in [1.807, 2.05) is 44.4 Å². The van der Waals surface area contributed by atoms with Gasteiger partial charge in [0.2, 0.25) is 11.8 Å². The average Bonchev–Trinajstić information content (AvgIpc) is 3.52. The highest BCUT2D eigenvalue weighted by Crippen LogP contribution is 2.33. The SMILES string of the molecule is CCOc1ccccc1N(CC(=O)N(Cc1ccccc1C)[C@@H](C)C(=O)NC1CCCC1)S(=O)(=O)c1ccc(SC)cc1. The molecule has 3 aromatic rings. The van der Waals surface area contributed by atoms with E-state index in [0.717, 1.165) is 46.0 Å². The number of thioether (sulfide) groups is 1. The number of amides is 2. The third-order valence-electron chi connectivity index (χ3n) is 7.83. The monoisotopic (exact) mass is 623 g/mol. The number of benzene rings is 3. The molecule has 0 aromatic heterocycles. The summed E-state index contributed by atoms with van der Waals surface area (Å²) in [7, 11) is -4.20. The van der Waals surface area contributed by atoms with Crippen molar-refractivity contribution in [3.05, 3.63) is 83.9 Å². The van der Waals surface area contributed by atoms with E-state index in [0.29, 0.717) is 12.4 Å². The van der Waals surface area contributed by atoms with Gasteiger partial charge in [-0.25, -0.2) is 8.42 Å². The summed E-state index contributed by atoms with van der Waals surface area (Å²) in [6.45, 7) is 5.44. The maximum absolute atomic E-state index is 14.3. The lowest BCUT2D eigenvalue weighted by molar-refractivity contribution is -0.139. The van der Waals surface area contributed by atoms with Crippen molar-refractivity contribution in [1.82, 2.24) is 10.2 Å². The van der Waals surface area contributed by atoms with Gasteiger partial charge in [0, 0.05) is 17.5 Å². The fourth-order valence-corrected chi connectivity index (χ4v) is 7.11. The first-order valence-corrected chi connectivity index (χ1v) is 17.3. The van der Waals surface area contributed by atoms with Crippen LogP contribution in [0.3, 0.4) is 0 Å². The summed E-state index contributed by atoms with van der Waals surface area (Å²) >= 11 is 1.51. The highest BCUT2D eigenvalue weighted by atomic mass is 32.2. The van der Waals surface area contributed by atoms with Crippen LogP contribution in [0.4, 0.5) is 5.69 Å². The Kier molecular flexibility index (Phi) is 11.2. The Bertz CT molecular complexity index is 1500. The molecule has 0 bridgehead atoms. The zero-order valence-corrected chi connectivity index (χ0v) is 26.9. The molecule has 0 unspecified atom stereocenters. The second kappa shape index (κ2) is 14.8. The molecule has 8 nitrogen and oxygen atoms in total. The number of anilines is 1. The largest absolute Gasteiger partial charge is 0.492 e. The smallest absolute Gasteiger partial charge is 0.264 e. The van der Waals surface area contributed by atoms with Crippen molar-refractivity contribution in [3.63, 3.8) is 0 Å². The van der Waals surface area contributed by atoms with E-state index in [4.69, 9.17) is 4.74 Å². The second-order valence-corrected chi connectivity index (χ2v) is 13.4. The predicted molar refractivity (Wildman–Crippen MR) is 172 cm³/mol. The first-order chi connectivity index (χ1) is 20.6. The third kappa shape index (κ3) is 7.92. The zero-order valence-electron chi connectivity index (χ0n) is 25.3. The molecule has 43 heavy (non-hydrogen) atoms. The number of para-hydroxylation sites is 2. The Labute approximate surface area is 259 Å². The van der Waals surface area contributed by atoms with E-state index in [2.05, 4.69) is 5.32 Å². The number of sulfonamides is 1. The molecular weight excluding hydrogens is 583 g/mol. The van der Waals surface area contributed by atoms with E-state index in [-0.39, 0.29) is 29.1 Å². The van der Waals surface area contributed by atoms with Crippen LogP contribution in [0, 0.1) is 6.92 Å². The lowest BCUT2D eigenvalue weighted by Crippen LogP contribution is -2.52. The lowest BCUT2D eigenvalue weighted by atomic mass is 10.1. The molecular formula is C33H41N3O5S2. The lowest BCUT2D eigenvalue weighted by Gasteiger charge is -2.33. The van der Waals surface area contributed by atoms with Gasteiger partial charge in [-0.2, -0.15) is 0 Å². The number of nitrogens with one attached hydrogen (secondary N) is 1.